The minimum absolute atomic E-state index is 0.196. The Kier molecular flexibility index (Phi) is 3.21. The summed E-state index contributed by atoms with van der Waals surface area (Å²) in [6.07, 6.45) is 1.47. The van der Waals surface area contributed by atoms with Gasteiger partial charge in [0.1, 0.15) is 10.0 Å². The third-order valence-corrected chi connectivity index (χ3v) is 3.08. The lowest BCUT2D eigenvalue weighted by Crippen LogP contribution is -2.04. The summed E-state index contributed by atoms with van der Waals surface area (Å²) in [5, 5.41) is 6.49. The number of halogens is 1. The molecule has 2 aromatic heterocycles. The van der Waals surface area contributed by atoms with Gasteiger partial charge < -0.3 is 11.1 Å². The molecule has 2 rings (SSSR count). The summed E-state index contributed by atoms with van der Waals surface area (Å²) in [6, 6.07) is 0. The van der Waals surface area contributed by atoms with Crippen LogP contribution in [-0.2, 0) is 6.54 Å². The van der Waals surface area contributed by atoms with E-state index in [2.05, 4.69) is 20.3 Å². The summed E-state index contributed by atoms with van der Waals surface area (Å²) in [5.41, 5.74) is 6.48. The summed E-state index contributed by atoms with van der Waals surface area (Å²) in [5.74, 6) is 0.726. The molecule has 0 saturated heterocycles. The van der Waals surface area contributed by atoms with E-state index >= 15 is 0 Å². The van der Waals surface area contributed by atoms with Gasteiger partial charge in [0.05, 0.1) is 12.7 Å². The first-order valence-electron chi connectivity index (χ1n) is 4.58. The number of aromatic nitrogens is 3. The van der Waals surface area contributed by atoms with Gasteiger partial charge in [-0.15, -0.1) is 11.3 Å². The fourth-order valence-corrected chi connectivity index (χ4v) is 2.02. The number of nitrogen functional groups attached to an aromatic ring is 1. The van der Waals surface area contributed by atoms with Crippen molar-refractivity contribution in [2.75, 3.05) is 11.1 Å². The highest BCUT2D eigenvalue weighted by Gasteiger charge is 2.04. The summed E-state index contributed by atoms with van der Waals surface area (Å²) in [7, 11) is 0. The number of hydrogen-bond acceptors (Lipinski definition) is 6. The van der Waals surface area contributed by atoms with E-state index in [1.807, 2.05) is 12.3 Å². The molecule has 0 saturated carbocycles. The molecule has 16 heavy (non-hydrogen) atoms. The number of nitrogens with zero attached hydrogens (tertiary/aromatic N) is 3. The van der Waals surface area contributed by atoms with Crippen LogP contribution in [0.2, 0.25) is 5.02 Å². The van der Waals surface area contributed by atoms with Gasteiger partial charge in [-0.2, -0.15) is 4.98 Å². The molecule has 0 aliphatic heterocycles. The molecule has 0 amide bonds. The van der Waals surface area contributed by atoms with Gasteiger partial charge in [0.25, 0.3) is 0 Å². The van der Waals surface area contributed by atoms with E-state index in [1.54, 1.807) is 11.3 Å². The van der Waals surface area contributed by atoms with Crippen molar-refractivity contribution in [3.63, 3.8) is 0 Å². The second-order valence-corrected chi connectivity index (χ2v) is 4.51. The van der Waals surface area contributed by atoms with Crippen LogP contribution in [0.15, 0.2) is 11.6 Å². The smallest absolute Gasteiger partial charge is 0.222 e. The van der Waals surface area contributed by atoms with Gasteiger partial charge >= 0.3 is 0 Å². The van der Waals surface area contributed by atoms with E-state index in [0.717, 1.165) is 10.7 Å². The second-order valence-electron chi connectivity index (χ2n) is 3.16. The van der Waals surface area contributed by atoms with E-state index in [1.165, 1.54) is 6.20 Å². The Morgan fingerprint density at radius 1 is 1.50 bits per heavy atom. The maximum absolute atomic E-state index is 5.91. The van der Waals surface area contributed by atoms with Crippen LogP contribution in [0, 0.1) is 6.92 Å². The van der Waals surface area contributed by atoms with Crippen molar-refractivity contribution in [2.45, 2.75) is 13.5 Å². The quantitative estimate of drug-likeness (QED) is 0.878. The molecule has 5 nitrogen and oxygen atoms in total. The molecule has 0 aliphatic carbocycles. The van der Waals surface area contributed by atoms with Crippen LogP contribution in [0.4, 0.5) is 11.8 Å². The van der Waals surface area contributed by atoms with Crippen molar-refractivity contribution in [1.82, 2.24) is 15.0 Å². The Hall–Kier alpha value is -1.40. The Morgan fingerprint density at radius 3 is 3.00 bits per heavy atom. The first kappa shape index (κ1) is 11.1. The molecule has 0 aromatic carbocycles. The lowest BCUT2D eigenvalue weighted by Gasteiger charge is -2.05. The standard InChI is InChI=1S/C9H10ClN5S/c1-5-4-16-7(14-5)3-12-8-6(10)2-13-9(11)15-8/h2,4H,3H2,1H3,(H3,11,12,13,15). The summed E-state index contributed by atoms with van der Waals surface area (Å²) < 4.78 is 0. The Bertz CT molecular complexity index is 498. The van der Waals surface area contributed by atoms with E-state index in [0.29, 0.717) is 17.4 Å². The van der Waals surface area contributed by atoms with Crippen LogP contribution in [-0.4, -0.2) is 15.0 Å². The summed E-state index contributed by atoms with van der Waals surface area (Å²) >= 11 is 7.50. The summed E-state index contributed by atoms with van der Waals surface area (Å²) in [4.78, 5) is 12.1. The molecule has 2 heterocycles. The number of thiazole rings is 1. The molecule has 3 N–H and O–H groups in total. The zero-order valence-electron chi connectivity index (χ0n) is 8.57. The van der Waals surface area contributed by atoms with Crippen molar-refractivity contribution in [3.8, 4) is 0 Å². The average molecular weight is 256 g/mol. The number of aryl methyl sites for hydroxylation is 1. The SMILES string of the molecule is Cc1csc(CNc2nc(N)ncc2Cl)n1. The molecule has 0 unspecified atom stereocenters. The fourth-order valence-electron chi connectivity index (χ4n) is 1.15. The second kappa shape index (κ2) is 4.63. The first-order valence-corrected chi connectivity index (χ1v) is 5.84. The largest absolute Gasteiger partial charge is 0.368 e. The Morgan fingerprint density at radius 2 is 2.31 bits per heavy atom. The minimum Gasteiger partial charge on any atom is -0.368 e. The van der Waals surface area contributed by atoms with Crippen molar-refractivity contribution in [1.29, 1.82) is 0 Å². The molecule has 0 radical (unpaired) electrons. The Labute approximate surface area is 102 Å². The van der Waals surface area contributed by atoms with Crippen LogP contribution >= 0.6 is 22.9 Å². The van der Waals surface area contributed by atoms with Crippen molar-refractivity contribution >= 4 is 34.7 Å². The zero-order valence-corrected chi connectivity index (χ0v) is 10.1. The van der Waals surface area contributed by atoms with Crippen LogP contribution in [0.3, 0.4) is 0 Å². The van der Waals surface area contributed by atoms with Gasteiger partial charge in [-0.05, 0) is 6.92 Å². The minimum atomic E-state index is 0.196. The molecule has 2 aromatic rings. The fraction of sp³-hybridized carbons (Fsp3) is 0.222. The van der Waals surface area contributed by atoms with Gasteiger partial charge in [0.15, 0.2) is 5.82 Å². The highest BCUT2D eigenvalue weighted by atomic mass is 35.5. The van der Waals surface area contributed by atoms with Gasteiger partial charge in [-0.3, -0.25) is 0 Å². The number of hydrogen-bond donors (Lipinski definition) is 2. The third kappa shape index (κ3) is 2.59. The lowest BCUT2D eigenvalue weighted by atomic mass is 10.5. The molecular weight excluding hydrogens is 246 g/mol. The zero-order chi connectivity index (χ0) is 11.5. The number of rotatable bonds is 3. The molecular formula is C9H10ClN5S. The molecule has 0 fully saturated rings. The number of anilines is 2. The topological polar surface area (TPSA) is 76.7 Å². The van der Waals surface area contributed by atoms with Gasteiger partial charge in [0.2, 0.25) is 5.95 Å². The maximum atomic E-state index is 5.91. The monoisotopic (exact) mass is 255 g/mol. The molecule has 0 spiro atoms. The van der Waals surface area contributed by atoms with Crippen LogP contribution in [0.5, 0.6) is 0 Å². The Balaban J connectivity index is 2.07. The van der Waals surface area contributed by atoms with E-state index < -0.39 is 0 Å². The van der Waals surface area contributed by atoms with Gasteiger partial charge in [-0.25, -0.2) is 9.97 Å². The van der Waals surface area contributed by atoms with Crippen molar-refractivity contribution in [3.05, 3.63) is 27.3 Å². The molecule has 0 atom stereocenters. The van der Waals surface area contributed by atoms with E-state index in [4.69, 9.17) is 17.3 Å². The predicted octanol–water partition coefficient (Wildman–Crippen LogP) is 2.09. The number of nitrogens with two attached hydrogens (primary N) is 1. The molecule has 0 aliphatic rings. The average Bonchev–Trinajstić information content (AvgIpc) is 2.66. The van der Waals surface area contributed by atoms with Crippen LogP contribution in [0.1, 0.15) is 10.7 Å². The van der Waals surface area contributed by atoms with E-state index in [9.17, 15) is 0 Å². The lowest BCUT2D eigenvalue weighted by molar-refractivity contribution is 1.05. The van der Waals surface area contributed by atoms with Crippen molar-refractivity contribution < 1.29 is 0 Å². The van der Waals surface area contributed by atoms with Gasteiger partial charge in [-0.1, -0.05) is 11.6 Å². The normalized spacial score (nSPS) is 10.4. The first-order chi connectivity index (χ1) is 7.65. The predicted molar refractivity (Wildman–Crippen MR) is 65.6 cm³/mol. The highest BCUT2D eigenvalue weighted by molar-refractivity contribution is 7.09. The molecule has 0 bridgehead atoms. The summed E-state index contributed by atoms with van der Waals surface area (Å²) in [6.45, 7) is 2.53. The maximum Gasteiger partial charge on any atom is 0.222 e. The van der Waals surface area contributed by atoms with Crippen LogP contribution < -0.4 is 11.1 Å². The number of nitrogens with one attached hydrogen (secondary N) is 1. The molecule has 7 heteroatoms. The van der Waals surface area contributed by atoms with Crippen molar-refractivity contribution in [2.24, 2.45) is 0 Å². The third-order valence-electron chi connectivity index (χ3n) is 1.84. The highest BCUT2D eigenvalue weighted by Crippen LogP contribution is 2.19. The van der Waals surface area contributed by atoms with Gasteiger partial charge in [0, 0.05) is 11.1 Å². The molecule has 84 valence electrons. The van der Waals surface area contributed by atoms with Crippen LogP contribution in [0.25, 0.3) is 0 Å². The van der Waals surface area contributed by atoms with E-state index in [-0.39, 0.29) is 5.95 Å².